The van der Waals surface area contributed by atoms with E-state index in [1.54, 1.807) is 24.3 Å². The Kier molecular flexibility index (Phi) is 6.15. The van der Waals surface area contributed by atoms with Crippen LogP contribution in [0.4, 0.5) is 11.4 Å². The van der Waals surface area contributed by atoms with Crippen molar-refractivity contribution in [3.05, 3.63) is 46.5 Å². The average molecular weight is 363 g/mol. The normalized spacial score (nSPS) is 10.6. The highest BCUT2D eigenvalue weighted by atomic mass is 35.5. The van der Waals surface area contributed by atoms with Crippen LogP contribution in [-0.4, -0.2) is 19.6 Å². The highest BCUT2D eigenvalue weighted by Crippen LogP contribution is 2.37. The van der Waals surface area contributed by atoms with Gasteiger partial charge in [-0.05, 0) is 42.7 Å². The predicted molar refractivity (Wildman–Crippen MR) is 102 cm³/mol. The number of hydrogen-bond donors (Lipinski definition) is 2. The Morgan fingerprint density at radius 1 is 1.28 bits per heavy atom. The van der Waals surface area contributed by atoms with Crippen LogP contribution >= 0.6 is 11.6 Å². The molecule has 134 valence electrons. The molecule has 1 amide bonds. The topological polar surface area (TPSA) is 73.6 Å². The lowest BCUT2D eigenvalue weighted by atomic mass is 10.1. The molecular formula is C19H23ClN2O3. The van der Waals surface area contributed by atoms with Crippen LogP contribution in [0.1, 0.15) is 29.8 Å². The first-order chi connectivity index (χ1) is 11.8. The second kappa shape index (κ2) is 8.12. The van der Waals surface area contributed by atoms with Crippen LogP contribution < -0.4 is 20.5 Å². The highest BCUT2D eigenvalue weighted by Gasteiger charge is 2.17. The van der Waals surface area contributed by atoms with E-state index in [1.807, 2.05) is 26.8 Å². The van der Waals surface area contributed by atoms with Crippen LogP contribution in [-0.2, 0) is 0 Å². The van der Waals surface area contributed by atoms with Gasteiger partial charge in [0.05, 0.1) is 18.7 Å². The fraction of sp³-hybridized carbons (Fsp3) is 0.316. The minimum atomic E-state index is -0.302. The van der Waals surface area contributed by atoms with Crippen LogP contribution in [0.3, 0.4) is 0 Å². The third-order valence-corrected chi connectivity index (χ3v) is 3.84. The Balaban J connectivity index is 2.28. The molecule has 0 unspecified atom stereocenters. The number of amides is 1. The van der Waals surface area contributed by atoms with Crippen molar-refractivity contribution in [3.63, 3.8) is 0 Å². The molecule has 2 aromatic carbocycles. The molecule has 0 saturated carbocycles. The van der Waals surface area contributed by atoms with Crippen LogP contribution in [0, 0.1) is 12.8 Å². The largest absolute Gasteiger partial charge is 0.493 e. The van der Waals surface area contributed by atoms with Gasteiger partial charge in [0.1, 0.15) is 0 Å². The van der Waals surface area contributed by atoms with Crippen LogP contribution in [0.15, 0.2) is 30.3 Å². The molecule has 0 aliphatic heterocycles. The number of ether oxygens (including phenoxy) is 2. The number of hydrogen-bond acceptors (Lipinski definition) is 4. The minimum Gasteiger partial charge on any atom is -0.493 e. The van der Waals surface area contributed by atoms with Gasteiger partial charge in [-0.15, -0.1) is 0 Å². The fourth-order valence-electron chi connectivity index (χ4n) is 2.21. The van der Waals surface area contributed by atoms with Crippen molar-refractivity contribution in [2.24, 2.45) is 5.92 Å². The third-order valence-electron chi connectivity index (χ3n) is 3.56. The molecular weight excluding hydrogens is 340 g/mol. The van der Waals surface area contributed by atoms with Crippen molar-refractivity contribution >= 4 is 28.9 Å². The van der Waals surface area contributed by atoms with Gasteiger partial charge in [0.15, 0.2) is 11.5 Å². The number of anilines is 2. The summed E-state index contributed by atoms with van der Waals surface area (Å²) in [6.07, 6.45) is 0. The van der Waals surface area contributed by atoms with Crippen molar-refractivity contribution in [2.75, 3.05) is 24.8 Å². The van der Waals surface area contributed by atoms with Crippen molar-refractivity contribution in [1.82, 2.24) is 0 Å². The molecule has 5 nitrogen and oxygen atoms in total. The second-order valence-corrected chi connectivity index (χ2v) is 6.63. The van der Waals surface area contributed by atoms with Gasteiger partial charge in [0.2, 0.25) is 0 Å². The smallest absolute Gasteiger partial charge is 0.255 e. The van der Waals surface area contributed by atoms with Crippen molar-refractivity contribution in [3.8, 4) is 11.5 Å². The van der Waals surface area contributed by atoms with Gasteiger partial charge in [-0.2, -0.15) is 0 Å². The summed E-state index contributed by atoms with van der Waals surface area (Å²) in [5.74, 6) is 0.900. The van der Waals surface area contributed by atoms with E-state index < -0.39 is 0 Å². The van der Waals surface area contributed by atoms with Gasteiger partial charge >= 0.3 is 0 Å². The van der Waals surface area contributed by atoms with Crippen molar-refractivity contribution in [1.29, 1.82) is 0 Å². The van der Waals surface area contributed by atoms with E-state index in [4.69, 9.17) is 26.8 Å². The number of halogens is 1. The van der Waals surface area contributed by atoms with Gasteiger partial charge in [0.25, 0.3) is 5.91 Å². The summed E-state index contributed by atoms with van der Waals surface area (Å²) >= 11 is 6.30. The van der Waals surface area contributed by atoms with Crippen LogP contribution in [0.2, 0.25) is 5.02 Å². The predicted octanol–water partition coefficient (Wildman–Crippen LogP) is 4.53. The lowest BCUT2D eigenvalue weighted by Crippen LogP contribution is -2.14. The lowest BCUT2D eigenvalue weighted by molar-refractivity contribution is 0.102. The van der Waals surface area contributed by atoms with E-state index >= 15 is 0 Å². The van der Waals surface area contributed by atoms with E-state index in [-0.39, 0.29) is 5.91 Å². The second-order valence-electron chi connectivity index (χ2n) is 6.22. The first-order valence-electron chi connectivity index (χ1n) is 7.99. The number of nitrogens with two attached hydrogens (primary N) is 1. The molecule has 0 spiro atoms. The summed E-state index contributed by atoms with van der Waals surface area (Å²) in [5.41, 5.74) is 8.30. The molecule has 0 heterocycles. The molecule has 2 rings (SSSR count). The lowest BCUT2D eigenvalue weighted by Gasteiger charge is -2.16. The number of benzene rings is 2. The summed E-state index contributed by atoms with van der Waals surface area (Å²) < 4.78 is 11.0. The number of nitrogens with one attached hydrogen (secondary N) is 1. The molecule has 0 saturated heterocycles. The maximum absolute atomic E-state index is 12.6. The fourth-order valence-corrected chi connectivity index (χ4v) is 2.48. The zero-order valence-corrected chi connectivity index (χ0v) is 15.6. The number of nitrogen functional groups attached to an aromatic ring is 1. The Morgan fingerprint density at radius 2 is 2.00 bits per heavy atom. The first kappa shape index (κ1) is 18.9. The first-order valence-corrected chi connectivity index (χ1v) is 8.37. The van der Waals surface area contributed by atoms with Gasteiger partial charge in [0, 0.05) is 16.9 Å². The van der Waals surface area contributed by atoms with E-state index in [1.165, 1.54) is 7.11 Å². The van der Waals surface area contributed by atoms with Gasteiger partial charge in [-0.3, -0.25) is 4.79 Å². The molecule has 0 aliphatic rings. The Hall–Kier alpha value is -2.40. The zero-order chi connectivity index (χ0) is 18.6. The van der Waals surface area contributed by atoms with Crippen molar-refractivity contribution < 1.29 is 14.3 Å². The number of carbonyl (C=O) groups excluding carboxylic acids is 1. The highest BCUT2D eigenvalue weighted by molar-refractivity contribution is 6.32. The molecule has 0 aliphatic carbocycles. The summed E-state index contributed by atoms with van der Waals surface area (Å²) in [6, 6.07) is 8.52. The SMILES string of the molecule is COc1cc(C(=O)Nc2cc(N)ccc2C)cc(Cl)c1OCC(C)C. The van der Waals surface area contributed by atoms with Crippen LogP contribution in [0.5, 0.6) is 11.5 Å². The molecule has 0 fully saturated rings. The molecule has 25 heavy (non-hydrogen) atoms. The van der Waals surface area contributed by atoms with E-state index in [0.717, 1.165) is 5.56 Å². The summed E-state index contributed by atoms with van der Waals surface area (Å²) in [7, 11) is 1.51. The number of carbonyl (C=O) groups is 1. The summed E-state index contributed by atoms with van der Waals surface area (Å²) in [4.78, 5) is 12.6. The third kappa shape index (κ3) is 4.79. The van der Waals surface area contributed by atoms with Gasteiger partial charge in [-0.25, -0.2) is 0 Å². The van der Waals surface area contributed by atoms with E-state index in [2.05, 4.69) is 5.32 Å². The minimum absolute atomic E-state index is 0.302. The number of aryl methyl sites for hydroxylation is 1. The number of rotatable bonds is 6. The van der Waals surface area contributed by atoms with Crippen molar-refractivity contribution in [2.45, 2.75) is 20.8 Å². The maximum Gasteiger partial charge on any atom is 0.255 e. The van der Waals surface area contributed by atoms with E-state index in [0.29, 0.717) is 46.0 Å². The van der Waals surface area contributed by atoms with Crippen LogP contribution in [0.25, 0.3) is 0 Å². The monoisotopic (exact) mass is 362 g/mol. The van der Waals surface area contributed by atoms with E-state index in [9.17, 15) is 4.79 Å². The molecule has 0 aromatic heterocycles. The Bertz CT molecular complexity index is 776. The Labute approximate surface area is 153 Å². The standard InChI is InChI=1S/C19H23ClN2O3/c1-11(2)10-25-18-15(20)7-13(8-17(18)24-4)19(23)22-16-9-14(21)6-5-12(16)3/h5-9,11H,10,21H2,1-4H3,(H,22,23). The molecule has 0 radical (unpaired) electrons. The quantitative estimate of drug-likeness (QED) is 0.740. The summed E-state index contributed by atoms with van der Waals surface area (Å²) in [6.45, 7) is 6.47. The Morgan fingerprint density at radius 3 is 2.64 bits per heavy atom. The zero-order valence-electron chi connectivity index (χ0n) is 14.9. The summed E-state index contributed by atoms with van der Waals surface area (Å²) in [5, 5.41) is 3.17. The number of methoxy groups -OCH3 is 1. The molecule has 0 atom stereocenters. The molecule has 6 heteroatoms. The molecule has 0 bridgehead atoms. The molecule has 2 aromatic rings. The average Bonchev–Trinajstić information content (AvgIpc) is 2.56. The van der Waals surface area contributed by atoms with Gasteiger partial charge < -0.3 is 20.5 Å². The van der Waals surface area contributed by atoms with Gasteiger partial charge in [-0.1, -0.05) is 31.5 Å². The molecule has 3 N–H and O–H groups in total. The maximum atomic E-state index is 12.6.